The van der Waals surface area contributed by atoms with Crippen LogP contribution in [0.15, 0.2) is 48.5 Å². The lowest BCUT2D eigenvalue weighted by molar-refractivity contribution is -0.115. The van der Waals surface area contributed by atoms with Gasteiger partial charge in [0.1, 0.15) is 16.8 Å². The van der Waals surface area contributed by atoms with Crippen molar-refractivity contribution in [3.8, 4) is 5.75 Å². The average Bonchev–Trinajstić information content (AvgIpc) is 3.09. The predicted octanol–water partition coefficient (Wildman–Crippen LogP) is 2.69. The fourth-order valence-electron chi connectivity index (χ4n) is 2.47. The smallest absolute Gasteiger partial charge is 0.244 e. The van der Waals surface area contributed by atoms with Crippen molar-refractivity contribution in [3.63, 3.8) is 0 Å². The molecule has 3 aromatic rings. The van der Waals surface area contributed by atoms with E-state index >= 15 is 0 Å². The number of carbonyl (C=O) groups is 2. The van der Waals surface area contributed by atoms with Crippen LogP contribution in [0.1, 0.15) is 6.92 Å². The first-order valence-corrected chi connectivity index (χ1v) is 11.1. The van der Waals surface area contributed by atoms with Crippen LogP contribution in [0, 0.1) is 0 Å². The third kappa shape index (κ3) is 5.09. The number of thiazole rings is 1. The van der Waals surface area contributed by atoms with Gasteiger partial charge in [-0.05, 0) is 43.3 Å². The maximum Gasteiger partial charge on any atom is 0.244 e. The molecule has 2 aromatic carbocycles. The molecule has 0 saturated carbocycles. The second-order valence-corrected chi connectivity index (χ2v) is 9.55. The van der Waals surface area contributed by atoms with E-state index in [4.69, 9.17) is 4.74 Å². The normalized spacial score (nSPS) is 12.3. The molecule has 1 unspecified atom stereocenters. The number of nitrogens with zero attached hydrogens (tertiary/aromatic N) is 1. The van der Waals surface area contributed by atoms with Gasteiger partial charge in [-0.25, -0.2) is 13.4 Å². The first-order chi connectivity index (χ1) is 13.8. The van der Waals surface area contributed by atoms with E-state index in [-0.39, 0.29) is 0 Å². The van der Waals surface area contributed by atoms with Crippen LogP contribution in [0.4, 0.5) is 10.8 Å². The minimum absolute atomic E-state index is 0.306. The lowest BCUT2D eigenvalue weighted by atomic mass is 10.3. The van der Waals surface area contributed by atoms with E-state index in [1.165, 1.54) is 25.4 Å². The molecule has 0 aliphatic carbocycles. The lowest BCUT2D eigenvalue weighted by Crippen LogP contribution is -2.37. The summed E-state index contributed by atoms with van der Waals surface area (Å²) >= 11 is 1.24. The Balaban J connectivity index is 1.62. The fourth-order valence-corrected chi connectivity index (χ4v) is 4.42. The van der Waals surface area contributed by atoms with E-state index < -0.39 is 32.7 Å². The molecule has 0 aliphatic heterocycles. The van der Waals surface area contributed by atoms with Crippen LogP contribution in [0.5, 0.6) is 5.75 Å². The first-order valence-electron chi connectivity index (χ1n) is 8.60. The molecule has 8 nitrogen and oxygen atoms in total. The summed E-state index contributed by atoms with van der Waals surface area (Å²) in [5.41, 5.74) is 1.14. The number of benzene rings is 2. The number of para-hydroxylation sites is 1. The van der Waals surface area contributed by atoms with Crippen LogP contribution in [0.3, 0.4) is 0 Å². The van der Waals surface area contributed by atoms with E-state index in [0.717, 1.165) is 4.70 Å². The summed E-state index contributed by atoms with van der Waals surface area (Å²) in [6, 6.07) is 13.8. The molecule has 0 spiro atoms. The predicted molar refractivity (Wildman–Crippen MR) is 113 cm³/mol. The molecule has 1 aromatic heterocycles. The standard InChI is InChI=1S/C19H19N3O5S2/c1-12(18(24)22-19-21-15-5-3-4-6-16(15)28-19)29(25,26)11-17(23)20-13-7-9-14(27-2)10-8-13/h3-10,12H,11H2,1-2H3,(H,20,23)(H,21,22,24). The number of hydrogen-bond donors (Lipinski definition) is 2. The summed E-state index contributed by atoms with van der Waals surface area (Å²) in [4.78, 5) is 28.7. The molecule has 2 N–H and O–H groups in total. The molecule has 0 aliphatic rings. The van der Waals surface area contributed by atoms with Crippen LogP contribution >= 0.6 is 11.3 Å². The van der Waals surface area contributed by atoms with Gasteiger partial charge in [0.05, 0.1) is 17.3 Å². The number of amides is 2. The van der Waals surface area contributed by atoms with Crippen LogP contribution in [-0.2, 0) is 19.4 Å². The van der Waals surface area contributed by atoms with Crippen LogP contribution in [0.2, 0.25) is 0 Å². The molecule has 1 atom stereocenters. The minimum atomic E-state index is -4.01. The number of carbonyl (C=O) groups excluding carboxylic acids is 2. The Bertz CT molecular complexity index is 1110. The molecular weight excluding hydrogens is 414 g/mol. The van der Waals surface area contributed by atoms with Crippen molar-refractivity contribution in [2.75, 3.05) is 23.5 Å². The maximum atomic E-state index is 12.5. The number of sulfone groups is 1. The van der Waals surface area contributed by atoms with Gasteiger partial charge in [-0.3, -0.25) is 9.59 Å². The molecule has 10 heteroatoms. The molecule has 0 fully saturated rings. The van der Waals surface area contributed by atoms with Crippen molar-refractivity contribution in [1.82, 2.24) is 4.98 Å². The third-order valence-corrected chi connectivity index (χ3v) is 7.05. The highest BCUT2D eigenvalue weighted by Gasteiger charge is 2.31. The molecule has 1 heterocycles. The Kier molecular flexibility index (Phi) is 6.14. The quantitative estimate of drug-likeness (QED) is 0.592. The number of methoxy groups -OCH3 is 1. The second-order valence-electron chi connectivity index (χ2n) is 6.20. The SMILES string of the molecule is COc1ccc(NC(=O)CS(=O)(=O)C(C)C(=O)Nc2nc3ccccc3s2)cc1. The summed E-state index contributed by atoms with van der Waals surface area (Å²) in [5, 5.41) is 3.91. The van der Waals surface area contributed by atoms with Gasteiger partial charge in [-0.2, -0.15) is 0 Å². The monoisotopic (exact) mass is 433 g/mol. The van der Waals surface area contributed by atoms with Gasteiger partial charge in [-0.1, -0.05) is 23.5 Å². The summed E-state index contributed by atoms with van der Waals surface area (Å²) in [6.07, 6.45) is 0. The topological polar surface area (TPSA) is 114 Å². The third-order valence-electron chi connectivity index (χ3n) is 4.14. The Morgan fingerprint density at radius 1 is 1.10 bits per heavy atom. The van der Waals surface area contributed by atoms with Gasteiger partial charge < -0.3 is 15.4 Å². The lowest BCUT2D eigenvalue weighted by Gasteiger charge is -2.12. The van der Waals surface area contributed by atoms with Crippen molar-refractivity contribution in [2.24, 2.45) is 0 Å². The van der Waals surface area contributed by atoms with Gasteiger partial charge in [0.25, 0.3) is 0 Å². The van der Waals surface area contributed by atoms with Gasteiger partial charge in [0.2, 0.25) is 11.8 Å². The van der Waals surface area contributed by atoms with Gasteiger partial charge in [0.15, 0.2) is 15.0 Å². The van der Waals surface area contributed by atoms with E-state index in [9.17, 15) is 18.0 Å². The first kappa shape index (κ1) is 20.7. The molecule has 0 radical (unpaired) electrons. The Labute approximate surface area is 171 Å². The van der Waals surface area contributed by atoms with Gasteiger partial charge in [-0.15, -0.1) is 0 Å². The van der Waals surface area contributed by atoms with Crippen molar-refractivity contribution >= 4 is 54.0 Å². The number of aromatic nitrogens is 1. The number of hydrogen-bond acceptors (Lipinski definition) is 7. The number of fused-ring (bicyclic) bond motifs is 1. The summed E-state index contributed by atoms with van der Waals surface area (Å²) in [5.74, 6) is -1.67. The second kappa shape index (κ2) is 8.58. The van der Waals surface area contributed by atoms with Crippen molar-refractivity contribution in [3.05, 3.63) is 48.5 Å². The Morgan fingerprint density at radius 3 is 2.45 bits per heavy atom. The average molecular weight is 434 g/mol. The van der Waals surface area contributed by atoms with E-state index in [1.54, 1.807) is 30.3 Å². The summed E-state index contributed by atoms with van der Waals surface area (Å²) in [6.45, 7) is 1.25. The Hall–Kier alpha value is -2.98. The molecule has 29 heavy (non-hydrogen) atoms. The molecule has 3 rings (SSSR count). The fraction of sp³-hybridized carbons (Fsp3) is 0.211. The zero-order valence-corrected chi connectivity index (χ0v) is 17.3. The van der Waals surface area contributed by atoms with E-state index in [2.05, 4.69) is 15.6 Å². The molecule has 0 saturated heterocycles. The largest absolute Gasteiger partial charge is 0.497 e. The number of anilines is 2. The molecular formula is C19H19N3O5S2. The van der Waals surface area contributed by atoms with E-state index in [0.29, 0.717) is 22.1 Å². The molecule has 0 bridgehead atoms. The maximum absolute atomic E-state index is 12.5. The summed E-state index contributed by atoms with van der Waals surface area (Å²) < 4.78 is 30.8. The van der Waals surface area contributed by atoms with Crippen LogP contribution in [-0.4, -0.2) is 43.3 Å². The van der Waals surface area contributed by atoms with Gasteiger partial charge >= 0.3 is 0 Å². The zero-order chi connectivity index (χ0) is 21.0. The minimum Gasteiger partial charge on any atom is -0.497 e. The highest BCUT2D eigenvalue weighted by molar-refractivity contribution is 7.93. The van der Waals surface area contributed by atoms with Crippen LogP contribution in [0.25, 0.3) is 10.2 Å². The summed E-state index contributed by atoms with van der Waals surface area (Å²) in [7, 11) is -2.50. The van der Waals surface area contributed by atoms with Gasteiger partial charge in [0, 0.05) is 5.69 Å². The zero-order valence-electron chi connectivity index (χ0n) is 15.7. The van der Waals surface area contributed by atoms with E-state index in [1.807, 2.05) is 18.2 Å². The van der Waals surface area contributed by atoms with Crippen molar-refractivity contribution in [1.29, 1.82) is 0 Å². The highest BCUT2D eigenvalue weighted by atomic mass is 32.2. The molecule has 2 amide bonds. The molecule has 152 valence electrons. The van der Waals surface area contributed by atoms with Crippen molar-refractivity contribution < 1.29 is 22.7 Å². The number of rotatable bonds is 7. The number of ether oxygens (including phenoxy) is 1. The Morgan fingerprint density at radius 2 is 1.79 bits per heavy atom. The van der Waals surface area contributed by atoms with Crippen molar-refractivity contribution in [2.45, 2.75) is 12.2 Å². The number of nitrogens with one attached hydrogen (secondary N) is 2. The van der Waals surface area contributed by atoms with Crippen LogP contribution < -0.4 is 15.4 Å². The highest BCUT2D eigenvalue weighted by Crippen LogP contribution is 2.25.